The van der Waals surface area contributed by atoms with Gasteiger partial charge in [0.25, 0.3) is 0 Å². The van der Waals surface area contributed by atoms with Crippen molar-refractivity contribution in [2.24, 2.45) is 0 Å². The van der Waals surface area contributed by atoms with E-state index in [1.165, 1.54) is 37.3 Å². The molecule has 3 heteroatoms. The molecule has 0 amide bonds. The molecular weight excluding hydrogens is 216 g/mol. The summed E-state index contributed by atoms with van der Waals surface area (Å²) in [7, 11) is 2.19. The van der Waals surface area contributed by atoms with Gasteiger partial charge in [0.1, 0.15) is 0 Å². The van der Waals surface area contributed by atoms with Crippen molar-refractivity contribution in [3.8, 4) is 0 Å². The molecule has 0 aliphatic carbocycles. The topological polar surface area (TPSA) is 6.48 Å². The summed E-state index contributed by atoms with van der Waals surface area (Å²) in [5, 5.41) is 0. The molecule has 1 aliphatic rings. The predicted molar refractivity (Wildman–Crippen MR) is 71.2 cm³/mol. The highest BCUT2D eigenvalue weighted by atomic mass is 32.1. The number of benzene rings is 1. The average Bonchev–Trinajstić information content (AvgIpc) is 2.27. The van der Waals surface area contributed by atoms with Gasteiger partial charge in [-0.15, -0.1) is 12.6 Å². The summed E-state index contributed by atoms with van der Waals surface area (Å²) in [5.41, 5.74) is 2.68. The van der Waals surface area contributed by atoms with E-state index in [0.717, 1.165) is 11.4 Å². The Bertz CT molecular complexity index is 357. The molecule has 0 saturated carbocycles. The van der Waals surface area contributed by atoms with Gasteiger partial charge in [-0.05, 0) is 31.2 Å². The van der Waals surface area contributed by atoms with Crippen molar-refractivity contribution in [2.45, 2.75) is 18.4 Å². The summed E-state index contributed by atoms with van der Waals surface area (Å²) in [4.78, 5) is 5.99. The van der Waals surface area contributed by atoms with Crippen LogP contribution >= 0.6 is 12.6 Å². The van der Waals surface area contributed by atoms with E-state index in [1.54, 1.807) is 0 Å². The highest BCUT2D eigenvalue weighted by molar-refractivity contribution is 7.80. The van der Waals surface area contributed by atoms with E-state index in [4.69, 9.17) is 0 Å². The summed E-state index contributed by atoms with van der Waals surface area (Å²) in [6, 6.07) is 6.54. The van der Waals surface area contributed by atoms with E-state index in [1.807, 2.05) is 0 Å². The molecule has 0 atom stereocenters. The van der Waals surface area contributed by atoms with Crippen LogP contribution in [-0.2, 0) is 6.54 Å². The quantitative estimate of drug-likeness (QED) is 0.785. The monoisotopic (exact) mass is 236 g/mol. The Labute approximate surface area is 104 Å². The Morgan fingerprint density at radius 1 is 1.19 bits per heavy atom. The SMILES string of the molecule is Cc1cc(CN2CCN(C)CC2)ccc1S. The Balaban J connectivity index is 1.96. The average molecular weight is 236 g/mol. The molecule has 1 aromatic rings. The first-order chi connectivity index (χ1) is 7.65. The zero-order valence-corrected chi connectivity index (χ0v) is 11.0. The molecule has 88 valence electrons. The Morgan fingerprint density at radius 2 is 1.88 bits per heavy atom. The van der Waals surface area contributed by atoms with Crippen LogP contribution in [0, 0.1) is 6.92 Å². The molecule has 0 N–H and O–H groups in total. The minimum absolute atomic E-state index is 1.07. The third kappa shape index (κ3) is 3.00. The second kappa shape index (κ2) is 5.21. The van der Waals surface area contributed by atoms with E-state index in [0.29, 0.717) is 0 Å². The fourth-order valence-electron chi connectivity index (χ4n) is 2.08. The van der Waals surface area contributed by atoms with Gasteiger partial charge in [0.2, 0.25) is 0 Å². The predicted octanol–water partition coefficient (Wildman–Crippen LogP) is 2.03. The van der Waals surface area contributed by atoms with Crippen LogP contribution in [0.3, 0.4) is 0 Å². The summed E-state index contributed by atoms with van der Waals surface area (Å²) < 4.78 is 0. The van der Waals surface area contributed by atoms with Crippen molar-refractivity contribution in [3.05, 3.63) is 29.3 Å². The number of hydrogen-bond donors (Lipinski definition) is 1. The lowest BCUT2D eigenvalue weighted by Crippen LogP contribution is -2.43. The number of thiol groups is 1. The molecule has 0 spiro atoms. The summed E-state index contributed by atoms with van der Waals surface area (Å²) in [5.74, 6) is 0. The second-order valence-electron chi connectivity index (χ2n) is 4.70. The van der Waals surface area contributed by atoms with Gasteiger partial charge < -0.3 is 4.90 Å². The van der Waals surface area contributed by atoms with Gasteiger partial charge in [-0.3, -0.25) is 4.90 Å². The molecule has 16 heavy (non-hydrogen) atoms. The van der Waals surface area contributed by atoms with Gasteiger partial charge >= 0.3 is 0 Å². The van der Waals surface area contributed by atoms with Crippen molar-refractivity contribution in [2.75, 3.05) is 33.2 Å². The van der Waals surface area contributed by atoms with E-state index < -0.39 is 0 Å². The standard InChI is InChI=1S/C13H20N2S/c1-11-9-12(3-4-13(11)16)10-15-7-5-14(2)6-8-15/h3-4,9,16H,5-8,10H2,1-2H3. The number of piperazine rings is 1. The molecule has 1 heterocycles. The Hall–Kier alpha value is -0.510. The lowest BCUT2D eigenvalue weighted by atomic mass is 10.1. The molecule has 0 radical (unpaired) electrons. The summed E-state index contributed by atoms with van der Waals surface area (Å²) in [6.45, 7) is 7.92. The third-order valence-electron chi connectivity index (χ3n) is 3.26. The number of rotatable bonds is 2. The number of aryl methyl sites for hydroxylation is 1. The van der Waals surface area contributed by atoms with Gasteiger partial charge in [-0.2, -0.15) is 0 Å². The van der Waals surface area contributed by atoms with Gasteiger partial charge in [0.15, 0.2) is 0 Å². The van der Waals surface area contributed by atoms with Crippen LogP contribution in [0.5, 0.6) is 0 Å². The van der Waals surface area contributed by atoms with Crippen LogP contribution < -0.4 is 0 Å². The van der Waals surface area contributed by atoms with Crippen molar-refractivity contribution in [1.82, 2.24) is 9.80 Å². The zero-order chi connectivity index (χ0) is 11.5. The van der Waals surface area contributed by atoms with Crippen LogP contribution in [0.15, 0.2) is 23.1 Å². The minimum Gasteiger partial charge on any atom is -0.304 e. The normalized spacial score (nSPS) is 18.9. The smallest absolute Gasteiger partial charge is 0.0234 e. The Kier molecular flexibility index (Phi) is 3.90. The maximum Gasteiger partial charge on any atom is 0.0234 e. The molecule has 2 rings (SSSR count). The highest BCUT2D eigenvalue weighted by Gasteiger charge is 2.13. The molecule has 1 fully saturated rings. The van der Waals surface area contributed by atoms with Crippen LogP contribution in [-0.4, -0.2) is 43.0 Å². The van der Waals surface area contributed by atoms with E-state index >= 15 is 0 Å². The molecule has 0 bridgehead atoms. The third-order valence-corrected chi connectivity index (χ3v) is 3.77. The van der Waals surface area contributed by atoms with Crippen LogP contribution in [0.4, 0.5) is 0 Å². The highest BCUT2D eigenvalue weighted by Crippen LogP contribution is 2.16. The lowest BCUT2D eigenvalue weighted by Gasteiger charge is -2.32. The summed E-state index contributed by atoms with van der Waals surface area (Å²) in [6.07, 6.45) is 0. The maximum absolute atomic E-state index is 4.40. The molecular formula is C13H20N2S. The van der Waals surface area contributed by atoms with Crippen molar-refractivity contribution >= 4 is 12.6 Å². The van der Waals surface area contributed by atoms with E-state index in [2.05, 4.69) is 54.6 Å². The van der Waals surface area contributed by atoms with Gasteiger partial charge in [0.05, 0.1) is 0 Å². The second-order valence-corrected chi connectivity index (χ2v) is 5.18. The molecule has 1 saturated heterocycles. The number of hydrogen-bond acceptors (Lipinski definition) is 3. The van der Waals surface area contributed by atoms with Gasteiger partial charge in [0, 0.05) is 37.6 Å². The van der Waals surface area contributed by atoms with Gasteiger partial charge in [-0.25, -0.2) is 0 Å². The molecule has 1 aromatic carbocycles. The minimum atomic E-state index is 1.07. The van der Waals surface area contributed by atoms with E-state index in [9.17, 15) is 0 Å². The van der Waals surface area contributed by atoms with Gasteiger partial charge in [-0.1, -0.05) is 12.1 Å². The van der Waals surface area contributed by atoms with Crippen LogP contribution in [0.1, 0.15) is 11.1 Å². The lowest BCUT2D eigenvalue weighted by molar-refractivity contribution is 0.148. The Morgan fingerprint density at radius 3 is 2.50 bits per heavy atom. The molecule has 2 nitrogen and oxygen atoms in total. The summed E-state index contributed by atoms with van der Waals surface area (Å²) >= 11 is 4.40. The van der Waals surface area contributed by atoms with Crippen molar-refractivity contribution in [3.63, 3.8) is 0 Å². The molecule has 1 aliphatic heterocycles. The van der Waals surface area contributed by atoms with Crippen LogP contribution in [0.2, 0.25) is 0 Å². The first kappa shape index (κ1) is 12.0. The van der Waals surface area contributed by atoms with Crippen molar-refractivity contribution in [1.29, 1.82) is 0 Å². The first-order valence-electron chi connectivity index (χ1n) is 5.84. The fourth-order valence-corrected chi connectivity index (χ4v) is 2.22. The number of nitrogens with zero attached hydrogens (tertiary/aromatic N) is 2. The molecule has 0 unspecified atom stereocenters. The number of likely N-dealkylation sites (N-methyl/N-ethyl adjacent to an activating group) is 1. The first-order valence-corrected chi connectivity index (χ1v) is 6.29. The molecule has 0 aromatic heterocycles. The fraction of sp³-hybridized carbons (Fsp3) is 0.538. The zero-order valence-electron chi connectivity index (χ0n) is 10.1. The van der Waals surface area contributed by atoms with E-state index in [-0.39, 0.29) is 0 Å². The van der Waals surface area contributed by atoms with Crippen LogP contribution in [0.25, 0.3) is 0 Å². The van der Waals surface area contributed by atoms with Crippen molar-refractivity contribution < 1.29 is 0 Å². The maximum atomic E-state index is 4.40. The largest absolute Gasteiger partial charge is 0.304 e.